The molecule has 0 saturated heterocycles. The molecule has 2 aromatic rings. The minimum atomic E-state index is -4.86. The van der Waals surface area contributed by atoms with Gasteiger partial charge in [0.1, 0.15) is 22.8 Å². The third-order valence-electron chi connectivity index (χ3n) is 8.78. The molecule has 8 N–H and O–H groups in total. The topological polar surface area (TPSA) is 203 Å². The number of carbonyl (C=O) groups excluding carboxylic acids is 4. The lowest BCUT2D eigenvalue weighted by molar-refractivity contribution is -0.144. The first-order chi connectivity index (χ1) is 21.4. The summed E-state index contributed by atoms with van der Waals surface area (Å²) < 4.78 is 40.5. The number of nitrogens with zero attached hydrogens (tertiary/aromatic N) is 1. The van der Waals surface area contributed by atoms with Crippen molar-refractivity contribution in [1.29, 1.82) is 0 Å². The monoisotopic (exact) mass is 664 g/mol. The molecule has 0 aromatic heterocycles. The normalized spacial score (nSPS) is 26.0. The van der Waals surface area contributed by atoms with E-state index in [1.807, 2.05) is 5.32 Å². The number of anilines is 2. The van der Waals surface area contributed by atoms with Crippen molar-refractivity contribution >= 4 is 52.2 Å². The molecule has 1 saturated carbocycles. The number of primary amides is 1. The smallest absolute Gasteiger partial charge is 0.418 e. The summed E-state index contributed by atoms with van der Waals surface area (Å²) in [6, 6.07) is 2.93. The number of aliphatic hydroxyl groups is 3. The van der Waals surface area contributed by atoms with Crippen molar-refractivity contribution in [3.8, 4) is 5.75 Å². The van der Waals surface area contributed by atoms with Crippen LogP contribution < -0.4 is 16.4 Å². The maximum Gasteiger partial charge on any atom is 0.418 e. The number of fused-ring (bicyclic) bond motifs is 3. The minimum Gasteiger partial charge on any atom is -0.510 e. The first-order valence-corrected chi connectivity index (χ1v) is 14.2. The third kappa shape index (κ3) is 5.04. The van der Waals surface area contributed by atoms with E-state index in [-0.39, 0.29) is 21.8 Å². The molecule has 12 nitrogen and oxygen atoms in total. The maximum absolute atomic E-state index is 14.0. The van der Waals surface area contributed by atoms with Gasteiger partial charge in [0.25, 0.3) is 5.91 Å². The number of urea groups is 1. The Balaban J connectivity index is 1.55. The molecule has 2 aromatic carbocycles. The van der Waals surface area contributed by atoms with Gasteiger partial charge in [-0.25, -0.2) is 4.79 Å². The van der Waals surface area contributed by atoms with Crippen LogP contribution in [0.25, 0.3) is 5.76 Å². The van der Waals surface area contributed by atoms with Gasteiger partial charge in [-0.05, 0) is 49.8 Å². The molecule has 0 bridgehead atoms. The van der Waals surface area contributed by atoms with Crippen LogP contribution in [0.15, 0.2) is 47.2 Å². The molecule has 16 heteroatoms. The molecule has 0 spiro atoms. The molecule has 3 aliphatic rings. The number of rotatable bonds is 4. The molecule has 244 valence electrons. The van der Waals surface area contributed by atoms with E-state index in [4.69, 9.17) is 17.3 Å². The highest BCUT2D eigenvalue weighted by Gasteiger charge is 2.60. The molecule has 0 heterocycles. The van der Waals surface area contributed by atoms with Gasteiger partial charge in [0.05, 0.1) is 40.6 Å². The number of halogens is 4. The molecule has 3 amide bonds. The summed E-state index contributed by atoms with van der Waals surface area (Å²) in [5.41, 5.74) is 1.82. The predicted molar refractivity (Wildman–Crippen MR) is 158 cm³/mol. The van der Waals surface area contributed by atoms with Crippen molar-refractivity contribution < 1.29 is 52.8 Å². The number of aliphatic hydroxyl groups excluding tert-OH is 3. The number of Topliss-reactive ketones (excluding diaryl/α,β-unsaturated/α-hetero) is 2. The van der Waals surface area contributed by atoms with Gasteiger partial charge in [-0.15, -0.1) is 0 Å². The van der Waals surface area contributed by atoms with Gasteiger partial charge in [0.2, 0.25) is 0 Å². The molecule has 4 unspecified atom stereocenters. The summed E-state index contributed by atoms with van der Waals surface area (Å²) in [6.07, 6.45) is -6.38. The number of nitrogens with two attached hydrogens (primary N) is 1. The van der Waals surface area contributed by atoms with Crippen LogP contribution in [-0.2, 0) is 20.6 Å². The lowest BCUT2D eigenvalue weighted by Crippen LogP contribution is -2.61. The second kappa shape index (κ2) is 11.3. The minimum absolute atomic E-state index is 0.221. The zero-order valence-corrected chi connectivity index (χ0v) is 25.1. The Hall–Kier alpha value is -4.60. The fourth-order valence-corrected chi connectivity index (χ4v) is 7.02. The average Bonchev–Trinajstić information content (AvgIpc) is 2.94. The van der Waals surface area contributed by atoms with E-state index >= 15 is 0 Å². The highest BCUT2D eigenvalue weighted by molar-refractivity contribution is 6.31. The van der Waals surface area contributed by atoms with E-state index in [1.165, 1.54) is 31.1 Å². The summed E-state index contributed by atoms with van der Waals surface area (Å²) >= 11 is 5.68. The van der Waals surface area contributed by atoms with Crippen LogP contribution in [0.5, 0.6) is 5.75 Å². The number of benzene rings is 2. The standard InChI is InChI=1S/C30H28ClF3N4O8/c1-9-11-5-7-14(37-29(46)36-13-6-4-10(31)8-12(13)30(32,33)34)22(39)16(11)24(41)18-15(9)23(40)17-19(25(18)42)26(43)20(28(35)45)27(44)21(17)38(2)3/h4-9,15,17,19,21,23,39-41,44H,1-3H3,(H2,35,45)(H2,36,37,46)/t9?,15?,17?,19?,21-,23-/m0/s1. The van der Waals surface area contributed by atoms with E-state index in [0.717, 1.165) is 12.1 Å². The zero-order valence-electron chi connectivity index (χ0n) is 24.3. The summed E-state index contributed by atoms with van der Waals surface area (Å²) in [6.45, 7) is 1.59. The van der Waals surface area contributed by atoms with E-state index in [0.29, 0.717) is 6.07 Å². The number of phenolic OH excluding ortho intramolecular Hbond substituents is 1. The van der Waals surface area contributed by atoms with Gasteiger partial charge in [-0.2, -0.15) is 13.2 Å². The number of ketones is 2. The third-order valence-corrected chi connectivity index (χ3v) is 9.01. The molecule has 6 atom stereocenters. The molecule has 3 aliphatic carbocycles. The summed E-state index contributed by atoms with van der Waals surface area (Å²) in [5, 5.41) is 49.1. The number of nitrogens with one attached hydrogen (secondary N) is 2. The van der Waals surface area contributed by atoms with Crippen molar-refractivity contribution in [3.63, 3.8) is 0 Å². The van der Waals surface area contributed by atoms with Crippen LogP contribution in [0, 0.1) is 17.8 Å². The Morgan fingerprint density at radius 1 is 1.00 bits per heavy atom. The Kier molecular flexibility index (Phi) is 8.07. The van der Waals surface area contributed by atoms with E-state index < -0.39 is 105 Å². The number of hydrogen-bond acceptors (Lipinski definition) is 9. The first-order valence-electron chi connectivity index (χ1n) is 13.8. The quantitative estimate of drug-likeness (QED) is 0.144. The van der Waals surface area contributed by atoms with Crippen LogP contribution in [0.4, 0.5) is 29.3 Å². The first kappa shape index (κ1) is 32.8. The largest absolute Gasteiger partial charge is 0.510 e. The Labute approximate surface area is 263 Å². The highest BCUT2D eigenvalue weighted by Crippen LogP contribution is 2.55. The van der Waals surface area contributed by atoms with Gasteiger partial charge < -0.3 is 36.8 Å². The van der Waals surface area contributed by atoms with Crippen LogP contribution in [0.3, 0.4) is 0 Å². The van der Waals surface area contributed by atoms with Crippen molar-refractivity contribution in [3.05, 3.63) is 69.0 Å². The van der Waals surface area contributed by atoms with Crippen LogP contribution in [-0.4, -0.2) is 75.1 Å². The molecular formula is C30H28ClF3N4O8. The number of aromatic hydroxyl groups is 1. The Bertz CT molecular complexity index is 1770. The zero-order chi connectivity index (χ0) is 34.2. The number of amides is 3. The van der Waals surface area contributed by atoms with Crippen LogP contribution in [0.2, 0.25) is 5.02 Å². The second-order valence-corrected chi connectivity index (χ2v) is 12.0. The molecule has 0 radical (unpaired) electrons. The molecule has 46 heavy (non-hydrogen) atoms. The van der Waals surface area contributed by atoms with E-state index in [2.05, 4.69) is 5.32 Å². The van der Waals surface area contributed by atoms with Crippen LogP contribution in [0.1, 0.15) is 29.5 Å². The SMILES string of the molecule is CC1c2ccc(NC(=O)Nc3ccc(Cl)cc3C(F)(F)F)c(O)c2C(O)=C2C(=O)C3C(=O)C(C(N)=O)=C(O)[C@@H](N(C)C)C3[C@@H](O)C21. The summed E-state index contributed by atoms with van der Waals surface area (Å²) in [5.74, 6) is -10.5. The predicted octanol–water partition coefficient (Wildman–Crippen LogP) is 3.70. The molecule has 0 aliphatic heterocycles. The highest BCUT2D eigenvalue weighted by atomic mass is 35.5. The van der Waals surface area contributed by atoms with Gasteiger partial charge in [-0.1, -0.05) is 24.6 Å². The summed E-state index contributed by atoms with van der Waals surface area (Å²) in [7, 11) is 3.01. The van der Waals surface area contributed by atoms with Crippen molar-refractivity contribution in [1.82, 2.24) is 4.90 Å². The lowest BCUT2D eigenvalue weighted by atomic mass is 9.56. The fraction of sp³-hybridized carbons (Fsp3) is 0.333. The molecule has 1 fully saturated rings. The molecular weight excluding hydrogens is 637 g/mol. The number of likely N-dealkylation sites (N-methyl/N-ethyl adjacent to an activating group) is 1. The van der Waals surface area contributed by atoms with Crippen molar-refractivity contribution in [2.45, 2.75) is 31.2 Å². The van der Waals surface area contributed by atoms with E-state index in [9.17, 15) is 52.8 Å². The van der Waals surface area contributed by atoms with Crippen LogP contribution >= 0.6 is 11.6 Å². The second-order valence-electron chi connectivity index (χ2n) is 11.6. The van der Waals surface area contributed by atoms with Gasteiger partial charge in [0, 0.05) is 22.4 Å². The maximum atomic E-state index is 14.0. The van der Waals surface area contributed by atoms with Crippen molar-refractivity contribution in [2.24, 2.45) is 23.5 Å². The molecule has 5 rings (SSSR count). The van der Waals surface area contributed by atoms with E-state index in [1.54, 1.807) is 6.92 Å². The van der Waals surface area contributed by atoms with Gasteiger partial charge >= 0.3 is 12.2 Å². The number of phenols is 1. The fourth-order valence-electron chi connectivity index (χ4n) is 6.85. The lowest BCUT2D eigenvalue weighted by Gasteiger charge is -2.50. The number of hydrogen-bond donors (Lipinski definition) is 7. The van der Waals surface area contributed by atoms with Crippen molar-refractivity contribution in [2.75, 3.05) is 24.7 Å². The van der Waals surface area contributed by atoms with Gasteiger partial charge in [-0.3, -0.25) is 19.3 Å². The number of alkyl halides is 3. The Morgan fingerprint density at radius 2 is 1.61 bits per heavy atom. The van der Waals surface area contributed by atoms with Gasteiger partial charge in [0.15, 0.2) is 11.6 Å². The summed E-state index contributed by atoms with van der Waals surface area (Å²) in [4.78, 5) is 53.7. The average molecular weight is 665 g/mol. The number of carbonyl (C=O) groups is 4. The Morgan fingerprint density at radius 3 is 2.20 bits per heavy atom.